The number of carbonyl (C=O) groups is 1. The van der Waals surface area contributed by atoms with Crippen LogP contribution in [0.4, 0.5) is 15.9 Å². The van der Waals surface area contributed by atoms with Crippen molar-refractivity contribution >= 4 is 40.6 Å². The Morgan fingerprint density at radius 2 is 2.15 bits per heavy atom. The van der Waals surface area contributed by atoms with Crippen LogP contribution in [-0.2, 0) is 4.79 Å². The fourth-order valence-electron chi connectivity index (χ4n) is 4.16. The van der Waals surface area contributed by atoms with Gasteiger partial charge >= 0.3 is 0 Å². The Labute approximate surface area is 195 Å². The normalized spacial score (nSPS) is 18.7. The Balaban J connectivity index is 1.80. The molecule has 0 aliphatic carbocycles. The van der Waals surface area contributed by atoms with E-state index >= 15 is 0 Å². The van der Waals surface area contributed by atoms with Gasteiger partial charge in [0.1, 0.15) is 17.4 Å². The highest BCUT2D eigenvalue weighted by Crippen LogP contribution is 2.34. The number of fused-ring (bicyclic) bond motifs is 1. The van der Waals surface area contributed by atoms with Crippen molar-refractivity contribution in [2.75, 3.05) is 16.8 Å². The van der Waals surface area contributed by atoms with Gasteiger partial charge in [-0.25, -0.2) is 14.4 Å². The number of benzene rings is 1. The molecule has 4 rings (SSSR count). The van der Waals surface area contributed by atoms with E-state index in [1.807, 2.05) is 32.9 Å². The highest BCUT2D eigenvalue weighted by Gasteiger charge is 2.32. The summed E-state index contributed by atoms with van der Waals surface area (Å²) in [5.74, 6) is 0.438. The molecule has 1 aromatic carbocycles. The Kier molecular flexibility index (Phi) is 6.29. The number of aromatic nitrogens is 3. The third-order valence-electron chi connectivity index (χ3n) is 5.65. The highest BCUT2D eigenvalue weighted by atomic mass is 35.5. The van der Waals surface area contributed by atoms with Crippen LogP contribution in [0.5, 0.6) is 5.88 Å². The summed E-state index contributed by atoms with van der Waals surface area (Å²) >= 11 is 5.92. The predicted octanol–water partition coefficient (Wildman–Crippen LogP) is 4.50. The number of pyridine rings is 1. The summed E-state index contributed by atoms with van der Waals surface area (Å²) in [5.41, 5.74) is 3.58. The van der Waals surface area contributed by atoms with Crippen molar-refractivity contribution in [3.05, 3.63) is 46.2 Å². The molecule has 170 valence electrons. The van der Waals surface area contributed by atoms with E-state index in [4.69, 9.17) is 21.3 Å². The lowest BCUT2D eigenvalue weighted by atomic mass is 10.0. The molecule has 0 radical (unpaired) electrons. The lowest BCUT2D eigenvalue weighted by Gasteiger charge is -2.24. The summed E-state index contributed by atoms with van der Waals surface area (Å²) in [6.07, 6.45) is -0.595. The molecule has 33 heavy (non-hydrogen) atoms. The first-order chi connectivity index (χ1) is 15.8. The lowest BCUT2D eigenvalue weighted by molar-refractivity contribution is -0.120. The van der Waals surface area contributed by atoms with Gasteiger partial charge in [0.15, 0.2) is 11.5 Å². The van der Waals surface area contributed by atoms with Crippen LogP contribution in [0.25, 0.3) is 11.0 Å². The monoisotopic (exact) mass is 468 g/mol. The maximum Gasteiger partial charge on any atom is 0.299 e. The van der Waals surface area contributed by atoms with Crippen LogP contribution in [0, 0.1) is 18.3 Å². The zero-order chi connectivity index (χ0) is 23.7. The molecule has 8 nitrogen and oxygen atoms in total. The van der Waals surface area contributed by atoms with Gasteiger partial charge in [0, 0.05) is 18.0 Å². The smallest absolute Gasteiger partial charge is 0.299 e. The topological polar surface area (TPSA) is 104 Å². The van der Waals surface area contributed by atoms with Gasteiger partial charge in [-0.3, -0.25) is 4.79 Å². The van der Waals surface area contributed by atoms with Crippen molar-refractivity contribution in [3.63, 3.8) is 0 Å². The molecule has 1 saturated heterocycles. The van der Waals surface area contributed by atoms with Crippen LogP contribution in [0.3, 0.4) is 0 Å². The van der Waals surface area contributed by atoms with Crippen LogP contribution < -0.4 is 15.0 Å². The largest absolute Gasteiger partial charge is 0.407 e. The molecule has 1 fully saturated rings. The number of alkyl halides is 1. The summed E-state index contributed by atoms with van der Waals surface area (Å²) in [5, 5.41) is 13.2. The van der Waals surface area contributed by atoms with Crippen molar-refractivity contribution in [2.24, 2.45) is 0 Å². The lowest BCUT2D eigenvalue weighted by Crippen LogP contribution is -2.29. The Morgan fingerprint density at radius 3 is 2.82 bits per heavy atom. The molecule has 3 heterocycles. The van der Waals surface area contributed by atoms with Gasteiger partial charge in [-0.1, -0.05) is 17.7 Å². The minimum Gasteiger partial charge on any atom is -0.407 e. The average molecular weight is 469 g/mol. The Morgan fingerprint density at radius 1 is 1.36 bits per heavy atom. The molecule has 10 heteroatoms. The van der Waals surface area contributed by atoms with Gasteiger partial charge in [-0.15, -0.1) is 0 Å². The average Bonchev–Trinajstić information content (AvgIpc) is 3.11. The van der Waals surface area contributed by atoms with E-state index in [9.17, 15) is 14.4 Å². The zero-order valence-corrected chi connectivity index (χ0v) is 19.1. The van der Waals surface area contributed by atoms with Crippen LogP contribution in [0.2, 0.25) is 5.15 Å². The molecule has 3 aromatic rings. The number of rotatable bonds is 6. The van der Waals surface area contributed by atoms with Crippen LogP contribution in [-0.4, -0.2) is 40.2 Å². The molecule has 2 aromatic heterocycles. The standard InChI is InChI=1S/C23H22ClFN6O2/c1-12-6-16(14(3)27-17-4-5-20(24)29-23(17)33-11-32)21-18(7-12)28-19(9-26)22(30-21)31-10-15(25)8-13(31)2/h4-7,11,13-15,27H,8,10H2,1-3H3/t13-,14-,15-/m1/s1. The van der Waals surface area contributed by atoms with E-state index in [1.54, 1.807) is 17.0 Å². The van der Waals surface area contributed by atoms with E-state index < -0.39 is 6.17 Å². The van der Waals surface area contributed by atoms with Crippen LogP contribution >= 0.6 is 11.6 Å². The molecule has 1 aliphatic rings. The number of hydrogen-bond donors (Lipinski definition) is 1. The molecule has 0 bridgehead atoms. The molecule has 1 N–H and O–H groups in total. The molecular formula is C23H22ClFN6O2. The third kappa shape index (κ3) is 4.52. The quantitative estimate of drug-likeness (QED) is 0.416. The molecule has 3 atom stereocenters. The van der Waals surface area contributed by atoms with Crippen LogP contribution in [0.15, 0.2) is 24.3 Å². The van der Waals surface area contributed by atoms with Crippen molar-refractivity contribution in [3.8, 4) is 11.9 Å². The molecule has 0 saturated carbocycles. The minimum atomic E-state index is -0.976. The number of nitrogens with zero attached hydrogens (tertiary/aromatic N) is 5. The second kappa shape index (κ2) is 9.16. The Bertz CT molecular complexity index is 1260. The van der Waals surface area contributed by atoms with Gasteiger partial charge in [0.2, 0.25) is 5.88 Å². The second-order valence-corrected chi connectivity index (χ2v) is 8.52. The molecule has 0 spiro atoms. The van der Waals surface area contributed by atoms with E-state index in [1.165, 1.54) is 0 Å². The number of anilines is 2. The van der Waals surface area contributed by atoms with Crippen molar-refractivity contribution < 1.29 is 13.9 Å². The second-order valence-electron chi connectivity index (χ2n) is 8.13. The summed E-state index contributed by atoms with van der Waals surface area (Å²) in [6, 6.07) is 8.80. The summed E-state index contributed by atoms with van der Waals surface area (Å²) in [6.45, 7) is 6.22. The molecule has 0 amide bonds. The summed E-state index contributed by atoms with van der Waals surface area (Å²) in [7, 11) is 0. The number of carbonyl (C=O) groups excluding carboxylic acids is 1. The van der Waals surface area contributed by atoms with Gasteiger partial charge in [0.05, 0.1) is 29.3 Å². The molecule has 0 unspecified atom stereocenters. The predicted molar refractivity (Wildman–Crippen MR) is 123 cm³/mol. The number of halogens is 2. The number of hydrogen-bond acceptors (Lipinski definition) is 8. The Hall–Kier alpha value is -3.51. The van der Waals surface area contributed by atoms with Gasteiger partial charge in [-0.2, -0.15) is 10.2 Å². The number of aryl methyl sites for hydroxylation is 1. The van der Waals surface area contributed by atoms with E-state index in [0.29, 0.717) is 29.0 Å². The summed E-state index contributed by atoms with van der Waals surface area (Å²) < 4.78 is 19.0. The van der Waals surface area contributed by atoms with Crippen molar-refractivity contribution in [1.82, 2.24) is 15.0 Å². The number of ether oxygens (including phenoxy) is 1. The maximum atomic E-state index is 14.1. The van der Waals surface area contributed by atoms with E-state index in [0.717, 1.165) is 11.1 Å². The number of nitriles is 1. The summed E-state index contributed by atoms with van der Waals surface area (Å²) in [4.78, 5) is 26.1. The third-order valence-corrected chi connectivity index (χ3v) is 5.86. The fraction of sp³-hybridized carbons (Fsp3) is 0.348. The van der Waals surface area contributed by atoms with Gasteiger partial charge in [0.25, 0.3) is 6.47 Å². The van der Waals surface area contributed by atoms with Crippen molar-refractivity contribution in [1.29, 1.82) is 5.26 Å². The minimum absolute atomic E-state index is 0.0553. The fourth-order valence-corrected chi connectivity index (χ4v) is 4.30. The maximum absolute atomic E-state index is 14.1. The first kappa shape index (κ1) is 22.7. The molecular weight excluding hydrogens is 447 g/mol. The highest BCUT2D eigenvalue weighted by molar-refractivity contribution is 6.29. The zero-order valence-electron chi connectivity index (χ0n) is 18.3. The first-order valence-corrected chi connectivity index (χ1v) is 10.8. The van der Waals surface area contributed by atoms with Crippen LogP contribution in [0.1, 0.15) is 43.1 Å². The van der Waals surface area contributed by atoms with Crippen molar-refractivity contribution in [2.45, 2.75) is 45.4 Å². The first-order valence-electron chi connectivity index (χ1n) is 10.5. The van der Waals surface area contributed by atoms with Gasteiger partial charge < -0.3 is 15.0 Å². The SMILES string of the molecule is Cc1cc([C@@H](C)Nc2ccc(Cl)nc2OC=O)c2nc(N3C[C@H](F)C[C@H]3C)c(C#N)nc2c1. The van der Waals surface area contributed by atoms with E-state index in [2.05, 4.69) is 21.4 Å². The van der Waals surface area contributed by atoms with Gasteiger partial charge in [-0.05, 0) is 44.5 Å². The number of nitrogens with one attached hydrogen (secondary N) is 1. The molecule has 1 aliphatic heterocycles. The van der Waals surface area contributed by atoms with E-state index in [-0.39, 0.29) is 41.8 Å².